The third kappa shape index (κ3) is 7.54. The van der Waals surface area contributed by atoms with Gasteiger partial charge in [0.1, 0.15) is 11.8 Å². The summed E-state index contributed by atoms with van der Waals surface area (Å²) in [7, 11) is 0. The van der Waals surface area contributed by atoms with Gasteiger partial charge in [0, 0.05) is 17.6 Å². The molecule has 168 valence electrons. The molecule has 0 spiro atoms. The number of halogens is 2. The topological polar surface area (TPSA) is 58.6 Å². The van der Waals surface area contributed by atoms with Crippen molar-refractivity contribution < 1.29 is 14.3 Å². The molecular formula is C24H30BrClN2O3. The fourth-order valence-corrected chi connectivity index (χ4v) is 3.76. The number of carbonyl (C=O) groups excluding carboxylic acids is 2. The quantitative estimate of drug-likeness (QED) is 0.482. The van der Waals surface area contributed by atoms with Crippen LogP contribution in [0.3, 0.4) is 0 Å². The molecule has 0 aliphatic carbocycles. The van der Waals surface area contributed by atoms with Crippen molar-refractivity contribution in [1.82, 2.24) is 10.2 Å². The van der Waals surface area contributed by atoms with Crippen molar-refractivity contribution in [2.24, 2.45) is 0 Å². The van der Waals surface area contributed by atoms with Crippen LogP contribution < -0.4 is 10.1 Å². The Morgan fingerprint density at radius 3 is 2.39 bits per heavy atom. The first-order valence-corrected chi connectivity index (χ1v) is 11.5. The van der Waals surface area contributed by atoms with Crippen LogP contribution in [-0.4, -0.2) is 35.4 Å². The molecule has 7 heteroatoms. The molecular weight excluding hydrogens is 480 g/mol. The number of nitrogens with zero attached hydrogens (tertiary/aromatic N) is 1. The van der Waals surface area contributed by atoms with Crippen LogP contribution in [0.25, 0.3) is 0 Å². The highest BCUT2D eigenvalue weighted by Gasteiger charge is 2.27. The molecule has 5 nitrogen and oxygen atoms in total. The molecule has 0 radical (unpaired) electrons. The van der Waals surface area contributed by atoms with Gasteiger partial charge in [0.2, 0.25) is 5.91 Å². The summed E-state index contributed by atoms with van der Waals surface area (Å²) in [6.07, 6.45) is 0. The molecule has 0 aromatic heterocycles. The number of ether oxygens (including phenoxy) is 1. The minimum atomic E-state index is -0.663. The fraction of sp³-hybridized carbons (Fsp3) is 0.417. The number of hydrogen-bond acceptors (Lipinski definition) is 3. The predicted molar refractivity (Wildman–Crippen MR) is 128 cm³/mol. The Morgan fingerprint density at radius 2 is 1.81 bits per heavy atom. The lowest BCUT2D eigenvalue weighted by Gasteiger charge is -2.29. The van der Waals surface area contributed by atoms with Gasteiger partial charge in [0.15, 0.2) is 6.61 Å². The van der Waals surface area contributed by atoms with Crippen molar-refractivity contribution in [3.8, 4) is 5.75 Å². The van der Waals surface area contributed by atoms with Crippen molar-refractivity contribution in [3.63, 3.8) is 0 Å². The zero-order chi connectivity index (χ0) is 23.1. The van der Waals surface area contributed by atoms with Crippen LogP contribution in [-0.2, 0) is 16.1 Å². The van der Waals surface area contributed by atoms with Crippen molar-refractivity contribution in [3.05, 3.63) is 63.1 Å². The van der Waals surface area contributed by atoms with Gasteiger partial charge in [-0.1, -0.05) is 43.6 Å². The number of nitrogens with one attached hydrogen (secondary N) is 1. The highest BCUT2D eigenvalue weighted by Crippen LogP contribution is 2.29. The van der Waals surface area contributed by atoms with Crippen LogP contribution in [0.5, 0.6) is 5.75 Å². The van der Waals surface area contributed by atoms with Gasteiger partial charge in [-0.25, -0.2) is 0 Å². The lowest BCUT2D eigenvalue weighted by atomic mass is 10.0. The van der Waals surface area contributed by atoms with Crippen LogP contribution in [0.2, 0.25) is 5.02 Å². The van der Waals surface area contributed by atoms with E-state index >= 15 is 0 Å². The zero-order valence-electron chi connectivity index (χ0n) is 18.6. The summed E-state index contributed by atoms with van der Waals surface area (Å²) in [5.41, 5.74) is 2.01. The molecule has 0 aliphatic rings. The number of amides is 2. The van der Waals surface area contributed by atoms with E-state index in [2.05, 4.69) is 35.1 Å². The molecule has 0 aliphatic heterocycles. The second-order valence-electron chi connectivity index (χ2n) is 8.12. The largest absolute Gasteiger partial charge is 0.483 e. The first kappa shape index (κ1) is 25.2. The lowest BCUT2D eigenvalue weighted by Crippen LogP contribution is -2.50. The molecule has 1 N–H and O–H groups in total. The van der Waals surface area contributed by atoms with Crippen LogP contribution in [0.4, 0.5) is 0 Å². The van der Waals surface area contributed by atoms with E-state index in [1.165, 1.54) is 10.5 Å². The zero-order valence-corrected chi connectivity index (χ0v) is 21.0. The van der Waals surface area contributed by atoms with Crippen molar-refractivity contribution in [2.45, 2.75) is 59.2 Å². The Kier molecular flexibility index (Phi) is 9.38. The van der Waals surface area contributed by atoms with Crippen LogP contribution in [0, 0.1) is 0 Å². The smallest absolute Gasteiger partial charge is 0.261 e. The van der Waals surface area contributed by atoms with Crippen LogP contribution >= 0.6 is 27.5 Å². The Labute approximate surface area is 198 Å². The minimum Gasteiger partial charge on any atom is -0.483 e. The lowest BCUT2D eigenvalue weighted by molar-refractivity contribution is -0.142. The fourth-order valence-electron chi connectivity index (χ4n) is 3.04. The summed E-state index contributed by atoms with van der Waals surface area (Å²) in [4.78, 5) is 27.2. The van der Waals surface area contributed by atoms with Gasteiger partial charge in [0.05, 0.1) is 4.47 Å². The summed E-state index contributed by atoms with van der Waals surface area (Å²) in [6, 6.07) is 12.4. The highest BCUT2D eigenvalue weighted by molar-refractivity contribution is 9.10. The summed E-state index contributed by atoms with van der Waals surface area (Å²) in [6.45, 7) is 9.78. The standard InChI is InChI=1S/C24H30BrClN2O3/c1-15(2)19-9-10-22(21(25)12-19)31-14-23(29)28(17(5)24(30)27-16(3)4)13-18-7-6-8-20(26)11-18/h6-12,15-17H,13-14H2,1-5H3,(H,27,30)/t17-/m1/s1. The van der Waals surface area contributed by atoms with Crippen molar-refractivity contribution >= 4 is 39.3 Å². The van der Waals surface area contributed by atoms with Crippen LogP contribution in [0.1, 0.15) is 51.7 Å². The van der Waals surface area contributed by atoms with E-state index in [4.69, 9.17) is 16.3 Å². The number of rotatable bonds is 9. The van der Waals surface area contributed by atoms with Gasteiger partial charge in [0.25, 0.3) is 5.91 Å². The van der Waals surface area contributed by atoms with E-state index in [-0.39, 0.29) is 31.0 Å². The summed E-state index contributed by atoms with van der Waals surface area (Å²) < 4.78 is 6.58. The third-order valence-electron chi connectivity index (χ3n) is 4.81. The predicted octanol–water partition coefficient (Wildman–Crippen LogP) is 5.55. The van der Waals surface area contributed by atoms with E-state index in [0.717, 1.165) is 10.0 Å². The molecule has 2 amide bonds. The van der Waals surface area contributed by atoms with E-state index in [9.17, 15) is 9.59 Å². The molecule has 0 fully saturated rings. The van der Waals surface area contributed by atoms with Crippen molar-refractivity contribution in [2.75, 3.05) is 6.61 Å². The molecule has 0 unspecified atom stereocenters. The van der Waals surface area contributed by atoms with E-state index in [0.29, 0.717) is 16.7 Å². The van der Waals surface area contributed by atoms with E-state index in [1.54, 1.807) is 19.1 Å². The maximum Gasteiger partial charge on any atom is 0.261 e. The van der Waals surface area contributed by atoms with Gasteiger partial charge < -0.3 is 15.0 Å². The SMILES string of the molecule is CC(C)NC(=O)[C@@H](C)N(Cc1cccc(Cl)c1)C(=O)COc1ccc(C(C)C)cc1Br. The number of carbonyl (C=O) groups is 2. The average molecular weight is 510 g/mol. The Bertz CT molecular complexity index is 917. The third-order valence-corrected chi connectivity index (χ3v) is 5.67. The number of hydrogen-bond donors (Lipinski definition) is 1. The van der Waals surface area contributed by atoms with Gasteiger partial charge in [-0.3, -0.25) is 9.59 Å². The minimum absolute atomic E-state index is 0.0234. The first-order valence-electron chi connectivity index (χ1n) is 10.3. The second kappa shape index (κ2) is 11.5. The molecule has 0 saturated carbocycles. The Hall–Kier alpha value is -2.05. The molecule has 1 atom stereocenters. The van der Waals surface area contributed by atoms with E-state index in [1.807, 2.05) is 44.2 Å². The van der Waals surface area contributed by atoms with Gasteiger partial charge >= 0.3 is 0 Å². The van der Waals surface area contributed by atoms with Gasteiger partial charge in [-0.05, 0) is 78.0 Å². The number of benzene rings is 2. The van der Waals surface area contributed by atoms with E-state index < -0.39 is 6.04 Å². The average Bonchev–Trinajstić information content (AvgIpc) is 2.69. The molecule has 0 heterocycles. The molecule has 31 heavy (non-hydrogen) atoms. The first-order chi connectivity index (χ1) is 14.6. The van der Waals surface area contributed by atoms with Gasteiger partial charge in [-0.2, -0.15) is 0 Å². The summed E-state index contributed by atoms with van der Waals surface area (Å²) >= 11 is 9.61. The van der Waals surface area contributed by atoms with Gasteiger partial charge in [-0.15, -0.1) is 0 Å². The summed E-state index contributed by atoms with van der Waals surface area (Å²) in [5, 5.41) is 3.45. The molecule has 2 aromatic rings. The molecule has 0 saturated heterocycles. The second-order valence-corrected chi connectivity index (χ2v) is 9.41. The molecule has 0 bridgehead atoms. The normalized spacial score (nSPS) is 12.0. The monoisotopic (exact) mass is 508 g/mol. The Morgan fingerprint density at radius 1 is 1.10 bits per heavy atom. The molecule has 2 rings (SSSR count). The Balaban J connectivity index is 2.18. The molecule has 2 aromatic carbocycles. The highest BCUT2D eigenvalue weighted by atomic mass is 79.9. The maximum absolute atomic E-state index is 13.1. The van der Waals surface area contributed by atoms with Crippen LogP contribution in [0.15, 0.2) is 46.9 Å². The maximum atomic E-state index is 13.1. The van der Waals surface area contributed by atoms with Crippen molar-refractivity contribution in [1.29, 1.82) is 0 Å². The summed E-state index contributed by atoms with van der Waals surface area (Å²) in [5.74, 6) is 0.472.